The van der Waals surface area contributed by atoms with Crippen LogP contribution in [0.1, 0.15) is 58.8 Å². The van der Waals surface area contributed by atoms with Crippen LogP contribution in [0, 0.1) is 0 Å². The van der Waals surface area contributed by atoms with Crippen molar-refractivity contribution in [3.63, 3.8) is 0 Å². The summed E-state index contributed by atoms with van der Waals surface area (Å²) in [6.07, 6.45) is -0.372. The van der Waals surface area contributed by atoms with Crippen LogP contribution >= 0.6 is 11.6 Å². The smallest absolute Gasteiger partial charge is 0.444 e. The molecular weight excluding hydrogens is 407 g/mol. The van der Waals surface area contributed by atoms with Gasteiger partial charge in [0.25, 0.3) is 5.91 Å². The first-order valence-corrected chi connectivity index (χ1v) is 10.5. The average Bonchev–Trinajstić information content (AvgIpc) is 2.75. The minimum absolute atomic E-state index is 0.119. The number of halogens is 1. The van der Waals surface area contributed by atoms with Crippen LogP contribution in [-0.4, -0.2) is 60.0 Å². The van der Waals surface area contributed by atoms with Gasteiger partial charge in [0.05, 0.1) is 17.2 Å². The van der Waals surface area contributed by atoms with Crippen molar-refractivity contribution in [3.8, 4) is 0 Å². The summed E-state index contributed by atoms with van der Waals surface area (Å²) in [4.78, 5) is 26.1. The van der Waals surface area contributed by atoms with Crippen molar-refractivity contribution in [1.82, 2.24) is 10.2 Å². The monoisotopic (exact) mass is 436 g/mol. The van der Waals surface area contributed by atoms with Gasteiger partial charge in [-0.05, 0) is 60.6 Å². The Kier molecular flexibility index (Phi) is 5.91. The Labute approximate surface area is 183 Å². The maximum atomic E-state index is 12.6. The molecule has 1 N–H and O–H groups in total. The molecule has 2 amide bonds. The lowest BCUT2D eigenvalue weighted by Crippen LogP contribution is -2.61. The van der Waals surface area contributed by atoms with Gasteiger partial charge in [0.15, 0.2) is 0 Å². The predicted octanol–water partition coefficient (Wildman–Crippen LogP) is 2.99. The summed E-state index contributed by atoms with van der Waals surface area (Å²) in [6.45, 7) is 14.2. The predicted molar refractivity (Wildman–Crippen MR) is 116 cm³/mol. The summed E-state index contributed by atoms with van der Waals surface area (Å²) < 4.78 is 17.4. The normalized spacial score (nSPS) is 20.7. The average molecular weight is 437 g/mol. The minimum Gasteiger partial charge on any atom is -0.444 e. The number of carbonyl (C=O) groups excluding carboxylic acids is 2. The Hall–Kier alpha value is -1.77. The molecule has 0 radical (unpaired) electrons. The zero-order chi connectivity index (χ0) is 22.5. The van der Waals surface area contributed by atoms with Crippen molar-refractivity contribution >= 4 is 36.2 Å². The van der Waals surface area contributed by atoms with Crippen molar-refractivity contribution in [2.75, 3.05) is 13.1 Å². The Morgan fingerprint density at radius 1 is 1.17 bits per heavy atom. The first-order valence-electron chi connectivity index (χ1n) is 10.1. The highest BCUT2D eigenvalue weighted by Crippen LogP contribution is 2.37. The van der Waals surface area contributed by atoms with Crippen molar-refractivity contribution in [2.45, 2.75) is 71.3 Å². The van der Waals surface area contributed by atoms with Crippen molar-refractivity contribution < 1.29 is 23.6 Å². The molecule has 0 unspecified atom stereocenters. The van der Waals surface area contributed by atoms with Crippen molar-refractivity contribution in [3.05, 3.63) is 28.8 Å². The van der Waals surface area contributed by atoms with Gasteiger partial charge in [-0.1, -0.05) is 17.7 Å². The number of amides is 2. The highest BCUT2D eigenvalue weighted by molar-refractivity contribution is 6.65. The number of benzene rings is 1. The Bertz CT molecular complexity index is 830. The van der Waals surface area contributed by atoms with Gasteiger partial charge in [-0.2, -0.15) is 0 Å². The fraction of sp³-hybridized carbons (Fsp3) is 0.619. The molecule has 0 atom stereocenters. The summed E-state index contributed by atoms with van der Waals surface area (Å²) in [7, 11) is -0.589. The minimum atomic E-state index is -0.589. The molecule has 2 aliphatic rings. The highest BCUT2D eigenvalue weighted by atomic mass is 35.5. The number of nitrogens with zero attached hydrogens (tertiary/aromatic N) is 1. The van der Waals surface area contributed by atoms with E-state index < -0.39 is 23.9 Å². The van der Waals surface area contributed by atoms with E-state index in [-0.39, 0.29) is 18.0 Å². The van der Waals surface area contributed by atoms with E-state index >= 15 is 0 Å². The molecule has 0 bridgehead atoms. The first-order chi connectivity index (χ1) is 13.7. The van der Waals surface area contributed by atoms with Gasteiger partial charge in [0.1, 0.15) is 5.60 Å². The molecule has 1 aromatic carbocycles. The molecule has 0 aliphatic carbocycles. The molecule has 2 saturated heterocycles. The summed E-state index contributed by atoms with van der Waals surface area (Å²) in [6, 6.07) is 4.95. The van der Waals surface area contributed by atoms with E-state index in [4.69, 9.17) is 25.6 Å². The van der Waals surface area contributed by atoms with Gasteiger partial charge in [0, 0.05) is 29.1 Å². The van der Waals surface area contributed by atoms with E-state index in [0.717, 1.165) is 0 Å². The Morgan fingerprint density at radius 2 is 1.73 bits per heavy atom. The van der Waals surface area contributed by atoms with E-state index in [1.54, 1.807) is 23.1 Å². The molecule has 2 aliphatic heterocycles. The lowest BCUT2D eigenvalue weighted by atomic mass is 9.78. The fourth-order valence-electron chi connectivity index (χ4n) is 3.14. The SMILES string of the molecule is CC(C)(C)OC(=O)N1CC(NC(=O)c2ccc(B3OC(C)(C)C(C)(C)O3)c(Cl)c2)C1. The third-order valence-electron chi connectivity index (χ3n) is 5.64. The molecule has 30 heavy (non-hydrogen) atoms. The van der Waals surface area contributed by atoms with Crippen LogP contribution in [-0.2, 0) is 14.0 Å². The van der Waals surface area contributed by atoms with Crippen LogP contribution in [0.4, 0.5) is 4.79 Å². The topological polar surface area (TPSA) is 77.1 Å². The van der Waals surface area contributed by atoms with Crippen LogP contribution in [0.25, 0.3) is 0 Å². The number of likely N-dealkylation sites (tertiary alicyclic amines) is 1. The van der Waals surface area contributed by atoms with Crippen LogP contribution in [0.2, 0.25) is 5.02 Å². The molecule has 7 nitrogen and oxygen atoms in total. The van der Waals surface area contributed by atoms with Gasteiger partial charge in [0.2, 0.25) is 0 Å². The maximum absolute atomic E-state index is 12.6. The summed E-state index contributed by atoms with van der Waals surface area (Å²) in [5.41, 5.74) is -0.355. The lowest BCUT2D eigenvalue weighted by Gasteiger charge is -2.39. The van der Waals surface area contributed by atoms with Crippen molar-refractivity contribution in [2.24, 2.45) is 0 Å². The van der Waals surface area contributed by atoms with Crippen LogP contribution in [0.3, 0.4) is 0 Å². The van der Waals surface area contributed by atoms with Crippen LogP contribution < -0.4 is 10.8 Å². The quantitative estimate of drug-likeness (QED) is 0.737. The first kappa shape index (κ1) is 22.9. The molecule has 2 heterocycles. The zero-order valence-electron chi connectivity index (χ0n) is 18.7. The molecule has 0 aromatic heterocycles. The number of carbonyl (C=O) groups is 2. The third-order valence-corrected chi connectivity index (χ3v) is 5.97. The molecule has 0 saturated carbocycles. The zero-order valence-corrected chi connectivity index (χ0v) is 19.4. The van der Waals surface area contributed by atoms with Crippen LogP contribution in [0.15, 0.2) is 18.2 Å². The number of hydrogen-bond acceptors (Lipinski definition) is 5. The van der Waals surface area contributed by atoms with E-state index in [1.165, 1.54) is 0 Å². The molecule has 164 valence electrons. The van der Waals surface area contributed by atoms with Crippen LogP contribution in [0.5, 0.6) is 0 Å². The Morgan fingerprint density at radius 3 is 2.23 bits per heavy atom. The number of nitrogens with one attached hydrogen (secondary N) is 1. The van der Waals surface area contributed by atoms with Gasteiger partial charge in [-0.3, -0.25) is 4.79 Å². The van der Waals surface area contributed by atoms with Gasteiger partial charge in [-0.25, -0.2) is 4.79 Å². The highest BCUT2D eigenvalue weighted by Gasteiger charge is 2.52. The van der Waals surface area contributed by atoms with E-state index in [9.17, 15) is 9.59 Å². The van der Waals surface area contributed by atoms with E-state index in [2.05, 4.69) is 5.32 Å². The second-order valence-electron chi connectivity index (χ2n) is 9.88. The Balaban J connectivity index is 1.57. The molecule has 2 fully saturated rings. The number of rotatable bonds is 3. The largest absolute Gasteiger partial charge is 0.496 e. The second-order valence-corrected chi connectivity index (χ2v) is 10.3. The summed E-state index contributed by atoms with van der Waals surface area (Å²) in [5.74, 6) is -0.244. The lowest BCUT2D eigenvalue weighted by molar-refractivity contribution is 0.00533. The molecule has 1 aromatic rings. The van der Waals surface area contributed by atoms with Gasteiger partial charge < -0.3 is 24.3 Å². The van der Waals surface area contributed by atoms with E-state index in [1.807, 2.05) is 48.5 Å². The van der Waals surface area contributed by atoms with E-state index in [0.29, 0.717) is 29.1 Å². The maximum Gasteiger partial charge on any atom is 0.496 e. The van der Waals surface area contributed by atoms with Gasteiger partial charge >= 0.3 is 13.2 Å². The van der Waals surface area contributed by atoms with Gasteiger partial charge in [-0.15, -0.1) is 0 Å². The summed E-state index contributed by atoms with van der Waals surface area (Å²) in [5, 5.41) is 3.32. The van der Waals surface area contributed by atoms with Crippen molar-refractivity contribution in [1.29, 1.82) is 0 Å². The number of ether oxygens (including phenoxy) is 1. The molecule has 3 rings (SSSR count). The third kappa shape index (κ3) is 4.76. The molecular formula is C21H30BClN2O5. The second kappa shape index (κ2) is 7.73. The fourth-order valence-corrected chi connectivity index (χ4v) is 3.41. The number of hydrogen-bond donors (Lipinski definition) is 1. The summed E-state index contributed by atoms with van der Waals surface area (Å²) >= 11 is 6.44. The molecule has 0 spiro atoms. The standard InChI is InChI=1S/C21H30BClN2O5/c1-19(2,3)28-18(27)25-11-14(12-25)24-17(26)13-8-9-15(16(23)10-13)22-29-20(4,5)21(6,7)30-22/h8-10,14H,11-12H2,1-7H3,(H,24,26). The molecule has 9 heteroatoms.